The molecule has 0 aliphatic carbocycles. The van der Waals surface area contributed by atoms with Crippen LogP contribution in [0.4, 0.5) is 0 Å². The van der Waals surface area contributed by atoms with Crippen molar-refractivity contribution in [3.05, 3.63) is 11.9 Å². The van der Waals surface area contributed by atoms with Gasteiger partial charge in [-0.1, -0.05) is 0 Å². The summed E-state index contributed by atoms with van der Waals surface area (Å²) in [5.74, 6) is 0. The third kappa shape index (κ3) is 2.50. The molecule has 1 aromatic rings. The normalized spacial score (nSPS) is 25.3. The Bertz CT molecular complexity index is 544. The molecular formula is C15H25BN2O4. The van der Waals surface area contributed by atoms with Gasteiger partial charge in [0.25, 0.3) is 0 Å². The van der Waals surface area contributed by atoms with E-state index < -0.39 is 7.12 Å². The van der Waals surface area contributed by atoms with Gasteiger partial charge < -0.3 is 19.2 Å². The van der Waals surface area contributed by atoms with E-state index in [-0.39, 0.29) is 23.2 Å². The highest BCUT2D eigenvalue weighted by molar-refractivity contribution is 6.62. The molecule has 0 unspecified atom stereocenters. The maximum atomic E-state index is 9.55. The van der Waals surface area contributed by atoms with Gasteiger partial charge in [0.2, 0.25) is 0 Å². The van der Waals surface area contributed by atoms with Crippen molar-refractivity contribution in [2.75, 3.05) is 19.8 Å². The van der Waals surface area contributed by atoms with Gasteiger partial charge in [0.05, 0.1) is 48.7 Å². The van der Waals surface area contributed by atoms with E-state index in [0.29, 0.717) is 19.8 Å². The monoisotopic (exact) mass is 308 g/mol. The topological polar surface area (TPSA) is 65.7 Å². The Hall–Kier alpha value is -0.885. The van der Waals surface area contributed by atoms with Crippen LogP contribution in [0.3, 0.4) is 0 Å². The maximum Gasteiger partial charge on any atom is 0.498 e. The maximum absolute atomic E-state index is 9.55. The average Bonchev–Trinajstić information content (AvgIpc) is 2.82. The third-order valence-electron chi connectivity index (χ3n) is 5.14. The van der Waals surface area contributed by atoms with Gasteiger partial charge in [0.1, 0.15) is 0 Å². The van der Waals surface area contributed by atoms with E-state index in [4.69, 9.17) is 14.0 Å². The van der Waals surface area contributed by atoms with Gasteiger partial charge in [-0.25, -0.2) is 0 Å². The number of aliphatic hydroxyl groups excluding tert-OH is 1. The van der Waals surface area contributed by atoms with Crippen LogP contribution in [0.5, 0.6) is 0 Å². The van der Waals surface area contributed by atoms with Crippen molar-refractivity contribution in [1.29, 1.82) is 0 Å². The van der Waals surface area contributed by atoms with Gasteiger partial charge in [-0.05, 0) is 34.6 Å². The molecule has 3 rings (SSSR count). The molecule has 2 saturated heterocycles. The molecule has 0 amide bonds. The van der Waals surface area contributed by atoms with Crippen molar-refractivity contribution in [3.8, 4) is 0 Å². The second-order valence-electron chi connectivity index (χ2n) is 7.61. The molecule has 0 aromatic carbocycles. The lowest BCUT2D eigenvalue weighted by molar-refractivity contribution is -0.146. The molecule has 22 heavy (non-hydrogen) atoms. The molecule has 0 saturated carbocycles. The molecule has 7 heteroatoms. The third-order valence-corrected chi connectivity index (χ3v) is 5.14. The summed E-state index contributed by atoms with van der Waals surface area (Å²) in [5.41, 5.74) is 0.922. The van der Waals surface area contributed by atoms with Crippen LogP contribution in [0.15, 0.2) is 6.20 Å². The lowest BCUT2D eigenvalue weighted by atomic mass is 9.79. The van der Waals surface area contributed by atoms with Gasteiger partial charge in [-0.15, -0.1) is 0 Å². The zero-order chi connectivity index (χ0) is 16.2. The summed E-state index contributed by atoms with van der Waals surface area (Å²) < 4.78 is 19.3. The van der Waals surface area contributed by atoms with Crippen LogP contribution in [0.25, 0.3) is 0 Å². The van der Waals surface area contributed by atoms with Crippen molar-refractivity contribution in [2.24, 2.45) is 5.41 Å². The standard InChI is InChI=1S/C15H25BN2O4/c1-11-12(16-21-13(2,3)14(4,5)22-16)6-18(17-11)7-15(8-19)9-20-10-15/h6,19H,7-10H2,1-5H3. The molecule has 2 fully saturated rings. The van der Waals surface area contributed by atoms with Crippen LogP contribution in [0, 0.1) is 12.3 Å². The molecule has 3 heterocycles. The smallest absolute Gasteiger partial charge is 0.399 e. The largest absolute Gasteiger partial charge is 0.498 e. The highest BCUT2D eigenvalue weighted by Crippen LogP contribution is 2.36. The Morgan fingerprint density at radius 2 is 1.82 bits per heavy atom. The van der Waals surface area contributed by atoms with Crippen molar-refractivity contribution in [1.82, 2.24) is 9.78 Å². The minimum absolute atomic E-state index is 0.109. The number of aryl methyl sites for hydroxylation is 1. The highest BCUT2D eigenvalue weighted by atomic mass is 16.7. The number of aliphatic hydroxyl groups is 1. The molecule has 0 atom stereocenters. The van der Waals surface area contributed by atoms with E-state index >= 15 is 0 Å². The Kier molecular flexibility index (Phi) is 3.68. The SMILES string of the molecule is Cc1nn(CC2(CO)COC2)cc1B1OC(C)(C)C(C)(C)O1. The van der Waals surface area contributed by atoms with Gasteiger partial charge in [0, 0.05) is 11.7 Å². The fraction of sp³-hybridized carbons (Fsp3) is 0.800. The Morgan fingerprint density at radius 3 is 2.27 bits per heavy atom. The number of rotatable bonds is 4. The van der Waals surface area contributed by atoms with E-state index in [2.05, 4.69) is 5.10 Å². The molecular weight excluding hydrogens is 283 g/mol. The van der Waals surface area contributed by atoms with Crippen LogP contribution < -0.4 is 5.46 Å². The first-order valence-electron chi connectivity index (χ1n) is 7.76. The molecule has 1 aromatic heterocycles. The van der Waals surface area contributed by atoms with Crippen molar-refractivity contribution < 1.29 is 19.2 Å². The fourth-order valence-corrected chi connectivity index (χ4v) is 2.78. The van der Waals surface area contributed by atoms with Gasteiger partial charge >= 0.3 is 7.12 Å². The molecule has 2 aliphatic heterocycles. The Morgan fingerprint density at radius 1 is 1.23 bits per heavy atom. The number of hydrogen-bond donors (Lipinski definition) is 1. The van der Waals surface area contributed by atoms with Gasteiger partial charge in [-0.2, -0.15) is 5.10 Å². The van der Waals surface area contributed by atoms with Crippen LogP contribution in [0.2, 0.25) is 0 Å². The summed E-state index contributed by atoms with van der Waals surface area (Å²) in [5, 5.41) is 14.1. The van der Waals surface area contributed by atoms with E-state index in [1.54, 1.807) is 0 Å². The quantitative estimate of drug-likeness (QED) is 0.821. The summed E-state index contributed by atoms with van der Waals surface area (Å²) in [6.07, 6.45) is 1.97. The molecule has 1 N–H and O–H groups in total. The number of ether oxygens (including phenoxy) is 1. The molecule has 2 aliphatic rings. The lowest BCUT2D eigenvalue weighted by Gasteiger charge is -2.39. The van der Waals surface area contributed by atoms with Crippen LogP contribution in [0.1, 0.15) is 33.4 Å². The van der Waals surface area contributed by atoms with Crippen LogP contribution in [-0.2, 0) is 20.6 Å². The first-order chi connectivity index (χ1) is 10.2. The fourth-order valence-electron chi connectivity index (χ4n) is 2.78. The predicted octanol–water partition coefficient (Wildman–Crippen LogP) is 0.500. The number of hydrogen-bond acceptors (Lipinski definition) is 5. The lowest BCUT2D eigenvalue weighted by Crippen LogP contribution is -2.48. The summed E-state index contributed by atoms with van der Waals surface area (Å²) in [7, 11) is -0.401. The van der Waals surface area contributed by atoms with Crippen LogP contribution >= 0.6 is 0 Å². The first kappa shape index (κ1) is 16.0. The minimum Gasteiger partial charge on any atom is -0.399 e. The van der Waals surface area contributed by atoms with E-state index in [1.165, 1.54) is 0 Å². The molecule has 0 bridgehead atoms. The average molecular weight is 308 g/mol. The minimum atomic E-state index is -0.401. The summed E-state index contributed by atoms with van der Waals surface area (Å²) >= 11 is 0. The number of aromatic nitrogens is 2. The van der Waals surface area contributed by atoms with E-state index in [0.717, 1.165) is 11.2 Å². The highest BCUT2D eigenvalue weighted by Gasteiger charge is 2.52. The molecule has 0 spiro atoms. The summed E-state index contributed by atoms with van der Waals surface area (Å²) in [4.78, 5) is 0. The first-order valence-corrected chi connectivity index (χ1v) is 7.76. The zero-order valence-corrected chi connectivity index (χ0v) is 14.0. The predicted molar refractivity (Wildman–Crippen MR) is 83.0 cm³/mol. The van der Waals surface area contributed by atoms with Crippen molar-refractivity contribution in [2.45, 2.75) is 52.4 Å². The summed E-state index contributed by atoms with van der Waals surface area (Å²) in [6.45, 7) is 12.0. The second-order valence-corrected chi connectivity index (χ2v) is 7.61. The van der Waals surface area contributed by atoms with E-state index in [9.17, 15) is 5.11 Å². The molecule has 0 radical (unpaired) electrons. The van der Waals surface area contributed by atoms with Crippen molar-refractivity contribution in [3.63, 3.8) is 0 Å². The van der Waals surface area contributed by atoms with Gasteiger partial charge in [-0.3, -0.25) is 4.68 Å². The summed E-state index contributed by atoms with van der Waals surface area (Å²) in [6, 6.07) is 0. The Labute approximate surface area is 131 Å². The van der Waals surface area contributed by atoms with Crippen molar-refractivity contribution >= 4 is 12.6 Å². The Balaban J connectivity index is 1.79. The zero-order valence-electron chi connectivity index (χ0n) is 14.0. The molecule has 122 valence electrons. The molecule has 6 nitrogen and oxygen atoms in total. The van der Waals surface area contributed by atoms with E-state index in [1.807, 2.05) is 45.5 Å². The number of nitrogens with zero attached hydrogens (tertiary/aromatic N) is 2. The van der Waals surface area contributed by atoms with Crippen LogP contribution in [-0.4, -0.2) is 53.0 Å². The van der Waals surface area contributed by atoms with Gasteiger partial charge in [0.15, 0.2) is 0 Å². The second kappa shape index (κ2) is 5.06.